The number of hydrogen-bond donors (Lipinski definition) is 1. The summed E-state index contributed by atoms with van der Waals surface area (Å²) >= 11 is 0. The fourth-order valence-electron chi connectivity index (χ4n) is 3.24. The zero-order valence-electron chi connectivity index (χ0n) is 17.2. The van der Waals surface area contributed by atoms with Crippen LogP contribution in [0.15, 0.2) is 54.6 Å². The van der Waals surface area contributed by atoms with E-state index in [-0.39, 0.29) is 0 Å². The molecule has 0 fully saturated rings. The fraction of sp³-hybridized carbons (Fsp3) is 0.381. The molecule has 0 amide bonds. The Morgan fingerprint density at radius 1 is 0.611 bits per heavy atom. The van der Waals surface area contributed by atoms with Crippen molar-refractivity contribution in [2.45, 2.75) is 47.8 Å². The first-order valence-electron chi connectivity index (χ1n) is 9.35. The first-order valence-corrected chi connectivity index (χ1v) is 9.35. The van der Waals surface area contributed by atoms with Crippen molar-refractivity contribution in [3.05, 3.63) is 71.3 Å². The first kappa shape index (κ1) is 29.2. The molecule has 36 heavy (non-hydrogen) atoms. The van der Waals surface area contributed by atoms with Crippen molar-refractivity contribution in [3.63, 3.8) is 0 Å². The molecular formula is C21H12F13NO. The zero-order chi connectivity index (χ0) is 28.0. The second-order valence-corrected chi connectivity index (χ2v) is 7.56. The maximum absolute atomic E-state index is 14.7. The highest BCUT2D eigenvalue weighted by Crippen LogP contribution is 2.61. The van der Waals surface area contributed by atoms with Gasteiger partial charge in [-0.2, -0.15) is 62.3 Å². The maximum Gasteiger partial charge on any atom is 0.460 e. The molecule has 2 nitrogen and oxygen atoms in total. The van der Waals surface area contributed by atoms with Gasteiger partial charge in [0.1, 0.15) is 5.60 Å². The number of aliphatic hydroxyl groups is 1. The summed E-state index contributed by atoms with van der Waals surface area (Å²) in [4.78, 5) is 0. The van der Waals surface area contributed by atoms with Crippen LogP contribution in [0, 0.1) is 11.3 Å². The van der Waals surface area contributed by atoms with Gasteiger partial charge in [-0.3, -0.25) is 0 Å². The lowest BCUT2D eigenvalue weighted by molar-refractivity contribution is -0.441. The SMILES string of the molecule is N#Cc1ccccc1C(O)(CC(F)(F)C(F)(F)C(F)(F)C(F)(F)C(F)(F)C(F)(F)F)c1ccccc1. The standard InChI is InChI=1S/C21H12F13NO/c22-16(23,17(24,25)18(26,27)19(28,29)20(30,31)21(32,33)34)11-15(36,13-7-2-1-3-8-13)14-9-5-4-6-12(14)10-35/h1-9,36H,11H2. The van der Waals surface area contributed by atoms with E-state index in [1.807, 2.05) is 0 Å². The quantitative estimate of drug-likeness (QED) is 0.369. The molecular weight excluding hydrogens is 529 g/mol. The summed E-state index contributed by atoms with van der Waals surface area (Å²) in [6.07, 6.45) is -10.5. The van der Waals surface area contributed by atoms with E-state index >= 15 is 0 Å². The van der Waals surface area contributed by atoms with Crippen molar-refractivity contribution < 1.29 is 62.2 Å². The summed E-state index contributed by atoms with van der Waals surface area (Å²) in [5.41, 5.74) is -5.83. The van der Waals surface area contributed by atoms with Crippen molar-refractivity contribution in [1.82, 2.24) is 0 Å². The van der Waals surface area contributed by atoms with E-state index in [2.05, 4.69) is 0 Å². The highest BCUT2D eigenvalue weighted by Gasteiger charge is 2.90. The number of hydrogen-bond acceptors (Lipinski definition) is 2. The van der Waals surface area contributed by atoms with Gasteiger partial charge in [0.05, 0.1) is 18.1 Å². The molecule has 0 radical (unpaired) electrons. The third-order valence-corrected chi connectivity index (χ3v) is 5.22. The fourth-order valence-corrected chi connectivity index (χ4v) is 3.24. The van der Waals surface area contributed by atoms with Crippen molar-refractivity contribution in [3.8, 4) is 6.07 Å². The molecule has 1 unspecified atom stereocenters. The van der Waals surface area contributed by atoms with E-state index in [1.54, 1.807) is 0 Å². The number of alkyl halides is 13. The lowest BCUT2D eigenvalue weighted by atomic mass is 9.77. The first-order chi connectivity index (χ1) is 16.1. The van der Waals surface area contributed by atoms with Crippen LogP contribution in [0.25, 0.3) is 0 Å². The summed E-state index contributed by atoms with van der Waals surface area (Å²) < 4.78 is 176. The summed E-state index contributed by atoms with van der Waals surface area (Å²) in [5.74, 6) is -38.0. The summed E-state index contributed by atoms with van der Waals surface area (Å²) in [5, 5.41) is 20.2. The Balaban J connectivity index is 2.73. The van der Waals surface area contributed by atoms with Crippen LogP contribution in [-0.4, -0.2) is 40.9 Å². The molecule has 2 rings (SSSR count). The van der Waals surface area contributed by atoms with E-state index in [4.69, 9.17) is 0 Å². The lowest BCUT2D eigenvalue weighted by Gasteiger charge is -2.42. The molecule has 0 spiro atoms. The summed E-state index contributed by atoms with van der Waals surface area (Å²) in [7, 11) is 0. The van der Waals surface area contributed by atoms with Gasteiger partial charge in [0.15, 0.2) is 0 Å². The van der Waals surface area contributed by atoms with Crippen molar-refractivity contribution in [2.24, 2.45) is 0 Å². The molecule has 0 aliphatic rings. The van der Waals surface area contributed by atoms with E-state index in [9.17, 15) is 67.4 Å². The van der Waals surface area contributed by atoms with Gasteiger partial charge in [0.2, 0.25) is 0 Å². The lowest BCUT2D eigenvalue weighted by Crippen LogP contribution is -2.70. The number of nitriles is 1. The number of nitrogens with zero attached hydrogens (tertiary/aromatic N) is 1. The van der Waals surface area contributed by atoms with Crippen LogP contribution in [0.1, 0.15) is 23.1 Å². The normalized spacial score (nSPS) is 15.8. The Morgan fingerprint density at radius 2 is 1.06 bits per heavy atom. The van der Waals surface area contributed by atoms with Crippen LogP contribution in [0.5, 0.6) is 0 Å². The molecule has 2 aromatic carbocycles. The molecule has 0 saturated heterocycles. The van der Waals surface area contributed by atoms with Crippen molar-refractivity contribution in [1.29, 1.82) is 5.26 Å². The third-order valence-electron chi connectivity index (χ3n) is 5.22. The Labute approximate surface area is 193 Å². The largest absolute Gasteiger partial charge is 0.460 e. The highest BCUT2D eigenvalue weighted by atomic mass is 19.4. The molecule has 0 heterocycles. The van der Waals surface area contributed by atoms with Gasteiger partial charge >= 0.3 is 35.8 Å². The highest BCUT2D eigenvalue weighted by molar-refractivity contribution is 5.47. The van der Waals surface area contributed by atoms with Crippen LogP contribution >= 0.6 is 0 Å². The number of benzene rings is 2. The second-order valence-electron chi connectivity index (χ2n) is 7.56. The number of halogens is 13. The average molecular weight is 541 g/mol. The molecule has 0 bridgehead atoms. The van der Waals surface area contributed by atoms with Crippen molar-refractivity contribution >= 4 is 0 Å². The molecule has 198 valence electrons. The van der Waals surface area contributed by atoms with Crippen LogP contribution in [-0.2, 0) is 5.60 Å². The van der Waals surface area contributed by atoms with Crippen LogP contribution in [0.2, 0.25) is 0 Å². The van der Waals surface area contributed by atoms with Crippen LogP contribution < -0.4 is 0 Å². The predicted octanol–water partition coefficient (Wildman–Crippen LogP) is 6.92. The topological polar surface area (TPSA) is 44.0 Å². The molecule has 0 aromatic heterocycles. The molecule has 0 aliphatic heterocycles. The Kier molecular flexibility index (Phi) is 7.16. The second kappa shape index (κ2) is 8.82. The Bertz CT molecular complexity index is 1120. The zero-order valence-corrected chi connectivity index (χ0v) is 17.2. The molecule has 2 aromatic rings. The van der Waals surface area contributed by atoms with Gasteiger partial charge in [-0.15, -0.1) is 0 Å². The van der Waals surface area contributed by atoms with Gasteiger partial charge in [0, 0.05) is 5.56 Å². The molecule has 0 aliphatic carbocycles. The predicted molar refractivity (Wildman–Crippen MR) is 96.0 cm³/mol. The average Bonchev–Trinajstić information content (AvgIpc) is 2.78. The van der Waals surface area contributed by atoms with E-state index < -0.39 is 64.5 Å². The molecule has 1 N–H and O–H groups in total. The minimum atomic E-state index is -8.05. The monoisotopic (exact) mass is 541 g/mol. The third kappa shape index (κ3) is 4.25. The Morgan fingerprint density at radius 3 is 1.53 bits per heavy atom. The van der Waals surface area contributed by atoms with Gasteiger partial charge in [-0.05, 0) is 11.6 Å². The van der Waals surface area contributed by atoms with Gasteiger partial charge in [0.25, 0.3) is 0 Å². The van der Waals surface area contributed by atoms with Gasteiger partial charge in [-0.1, -0.05) is 48.5 Å². The van der Waals surface area contributed by atoms with E-state index in [0.717, 1.165) is 48.5 Å². The summed E-state index contributed by atoms with van der Waals surface area (Å²) in [6.45, 7) is 0. The number of rotatable bonds is 8. The summed E-state index contributed by atoms with van der Waals surface area (Å²) in [6, 6.07) is 10.0. The molecule has 15 heteroatoms. The molecule has 1 atom stereocenters. The van der Waals surface area contributed by atoms with Crippen molar-refractivity contribution in [2.75, 3.05) is 0 Å². The Hall–Kier alpha value is -3.02. The van der Waals surface area contributed by atoms with E-state index in [0.29, 0.717) is 0 Å². The van der Waals surface area contributed by atoms with Gasteiger partial charge < -0.3 is 5.11 Å². The van der Waals surface area contributed by atoms with Gasteiger partial charge in [-0.25, -0.2) is 0 Å². The minimum absolute atomic E-state index is 0.663. The van der Waals surface area contributed by atoms with E-state index in [1.165, 1.54) is 12.1 Å². The van der Waals surface area contributed by atoms with Crippen LogP contribution in [0.3, 0.4) is 0 Å². The molecule has 0 saturated carbocycles. The minimum Gasteiger partial charge on any atom is -0.380 e. The van der Waals surface area contributed by atoms with Crippen LogP contribution in [0.4, 0.5) is 57.1 Å². The maximum atomic E-state index is 14.7. The smallest absolute Gasteiger partial charge is 0.380 e.